The fourth-order valence-electron chi connectivity index (χ4n) is 2.18. The molecule has 0 heterocycles. The average Bonchev–Trinajstić information content (AvgIpc) is 2.26. The molecule has 2 atom stereocenters. The van der Waals surface area contributed by atoms with E-state index < -0.39 is 6.10 Å². The quantitative estimate of drug-likeness (QED) is 0.884. The van der Waals surface area contributed by atoms with E-state index in [4.69, 9.17) is 0 Å². The van der Waals surface area contributed by atoms with Crippen molar-refractivity contribution in [3.8, 4) is 0 Å². The van der Waals surface area contributed by atoms with Gasteiger partial charge in [-0.1, -0.05) is 50.6 Å². The Morgan fingerprint density at radius 3 is 2.11 bits per heavy atom. The molecule has 2 heteroatoms. The van der Waals surface area contributed by atoms with Gasteiger partial charge in [-0.2, -0.15) is 0 Å². The molecule has 0 aliphatic rings. The van der Waals surface area contributed by atoms with Gasteiger partial charge in [-0.15, -0.1) is 0 Å². The fourth-order valence-corrected chi connectivity index (χ4v) is 2.18. The average molecular weight is 249 g/mol. The maximum atomic E-state index is 10.4. The summed E-state index contributed by atoms with van der Waals surface area (Å²) in [4.78, 5) is 2.23. The molecule has 0 fully saturated rings. The summed E-state index contributed by atoms with van der Waals surface area (Å²) in [6, 6.07) is 8.25. The van der Waals surface area contributed by atoms with Crippen LogP contribution in [0.2, 0.25) is 0 Å². The second kappa shape index (κ2) is 5.85. The highest BCUT2D eigenvalue weighted by atomic mass is 16.3. The number of hydrogen-bond acceptors (Lipinski definition) is 2. The van der Waals surface area contributed by atoms with Crippen molar-refractivity contribution in [3.63, 3.8) is 0 Å². The van der Waals surface area contributed by atoms with Gasteiger partial charge >= 0.3 is 0 Å². The smallest absolute Gasteiger partial charge is 0.0942 e. The molecule has 0 saturated heterocycles. The van der Waals surface area contributed by atoms with Crippen LogP contribution in [-0.4, -0.2) is 29.6 Å². The minimum Gasteiger partial charge on any atom is -0.387 e. The van der Waals surface area contributed by atoms with Gasteiger partial charge in [0.1, 0.15) is 0 Å². The minimum absolute atomic E-state index is 0.118. The number of nitrogens with zero attached hydrogens (tertiary/aromatic N) is 1. The Labute approximate surface area is 112 Å². The standard InChI is InChI=1S/C16H27NO/c1-12-7-9-14(10-8-12)15(18)13(2)17(6)11-16(3,4)5/h7-10,13,15,18H,11H2,1-6H3. The van der Waals surface area contributed by atoms with E-state index in [-0.39, 0.29) is 11.5 Å². The molecule has 2 nitrogen and oxygen atoms in total. The SMILES string of the molecule is Cc1ccc(C(O)C(C)N(C)CC(C)(C)C)cc1. The van der Waals surface area contributed by atoms with E-state index in [2.05, 4.69) is 58.7 Å². The van der Waals surface area contributed by atoms with Crippen LogP contribution in [0.4, 0.5) is 0 Å². The van der Waals surface area contributed by atoms with Gasteiger partial charge in [0.15, 0.2) is 0 Å². The van der Waals surface area contributed by atoms with Crippen molar-refractivity contribution in [1.82, 2.24) is 4.90 Å². The van der Waals surface area contributed by atoms with E-state index in [9.17, 15) is 5.11 Å². The summed E-state index contributed by atoms with van der Waals surface area (Å²) in [5.74, 6) is 0. The third-order valence-electron chi connectivity index (χ3n) is 3.29. The lowest BCUT2D eigenvalue weighted by atomic mass is 9.94. The molecule has 1 rings (SSSR count). The van der Waals surface area contributed by atoms with Crippen molar-refractivity contribution in [2.24, 2.45) is 5.41 Å². The molecule has 0 radical (unpaired) electrons. The molecule has 18 heavy (non-hydrogen) atoms. The van der Waals surface area contributed by atoms with Gasteiger partial charge < -0.3 is 10.0 Å². The van der Waals surface area contributed by atoms with Gasteiger partial charge in [-0.3, -0.25) is 0 Å². The van der Waals surface area contributed by atoms with Crippen LogP contribution < -0.4 is 0 Å². The molecular weight excluding hydrogens is 222 g/mol. The Hall–Kier alpha value is -0.860. The normalized spacial score (nSPS) is 15.8. The summed E-state index contributed by atoms with van der Waals surface area (Å²) < 4.78 is 0. The third kappa shape index (κ3) is 4.43. The van der Waals surface area contributed by atoms with E-state index in [1.807, 2.05) is 12.1 Å². The Balaban J connectivity index is 2.71. The van der Waals surface area contributed by atoms with E-state index in [0.717, 1.165) is 12.1 Å². The predicted octanol–water partition coefficient (Wildman–Crippen LogP) is 3.39. The van der Waals surface area contributed by atoms with Crippen LogP contribution in [0.25, 0.3) is 0 Å². The van der Waals surface area contributed by atoms with Gasteiger partial charge in [0, 0.05) is 12.6 Å². The van der Waals surface area contributed by atoms with E-state index >= 15 is 0 Å². The maximum absolute atomic E-state index is 10.4. The Morgan fingerprint density at radius 1 is 1.17 bits per heavy atom. The molecule has 1 aromatic rings. The molecule has 0 aliphatic carbocycles. The van der Waals surface area contributed by atoms with E-state index in [0.29, 0.717) is 0 Å². The molecule has 1 N–H and O–H groups in total. The molecule has 102 valence electrons. The van der Waals surface area contributed by atoms with Gasteiger partial charge in [0.05, 0.1) is 6.10 Å². The number of aliphatic hydroxyl groups is 1. The van der Waals surface area contributed by atoms with Crippen molar-refractivity contribution in [3.05, 3.63) is 35.4 Å². The number of hydrogen-bond donors (Lipinski definition) is 1. The Bertz CT molecular complexity index is 364. The van der Waals surface area contributed by atoms with Crippen LogP contribution in [0.5, 0.6) is 0 Å². The maximum Gasteiger partial charge on any atom is 0.0942 e. The van der Waals surface area contributed by atoms with Crippen LogP contribution in [0.15, 0.2) is 24.3 Å². The number of likely N-dealkylation sites (N-methyl/N-ethyl adjacent to an activating group) is 1. The molecule has 0 spiro atoms. The first kappa shape index (κ1) is 15.2. The third-order valence-corrected chi connectivity index (χ3v) is 3.29. The first-order valence-corrected chi connectivity index (χ1v) is 6.65. The van der Waals surface area contributed by atoms with Crippen LogP contribution in [0, 0.1) is 12.3 Å². The zero-order chi connectivity index (χ0) is 13.9. The predicted molar refractivity (Wildman–Crippen MR) is 77.7 cm³/mol. The topological polar surface area (TPSA) is 23.5 Å². The molecule has 0 aromatic heterocycles. The molecule has 0 amide bonds. The lowest BCUT2D eigenvalue weighted by Crippen LogP contribution is -2.39. The van der Waals surface area contributed by atoms with Gasteiger partial charge in [0.25, 0.3) is 0 Å². The molecule has 0 saturated carbocycles. The molecule has 0 bridgehead atoms. The van der Waals surface area contributed by atoms with Crippen molar-refractivity contribution in [2.75, 3.05) is 13.6 Å². The second-order valence-electron chi connectivity index (χ2n) is 6.57. The highest BCUT2D eigenvalue weighted by molar-refractivity contribution is 5.23. The Kier molecular flexibility index (Phi) is 4.94. The van der Waals surface area contributed by atoms with Crippen LogP contribution in [-0.2, 0) is 0 Å². The Morgan fingerprint density at radius 2 is 1.67 bits per heavy atom. The minimum atomic E-state index is -0.432. The fraction of sp³-hybridized carbons (Fsp3) is 0.625. The number of aliphatic hydroxyl groups excluding tert-OH is 1. The van der Waals surface area contributed by atoms with Gasteiger partial charge in [0.2, 0.25) is 0 Å². The first-order valence-electron chi connectivity index (χ1n) is 6.65. The largest absolute Gasteiger partial charge is 0.387 e. The highest BCUT2D eigenvalue weighted by Gasteiger charge is 2.23. The molecule has 2 unspecified atom stereocenters. The molecule has 1 aromatic carbocycles. The summed E-state index contributed by atoms with van der Waals surface area (Å²) in [6.45, 7) is 11.8. The second-order valence-corrected chi connectivity index (χ2v) is 6.57. The van der Waals surface area contributed by atoms with E-state index in [1.54, 1.807) is 0 Å². The zero-order valence-corrected chi connectivity index (χ0v) is 12.6. The zero-order valence-electron chi connectivity index (χ0n) is 12.6. The summed E-state index contributed by atoms with van der Waals surface area (Å²) in [6.07, 6.45) is -0.432. The van der Waals surface area contributed by atoms with Crippen molar-refractivity contribution in [2.45, 2.75) is 46.8 Å². The van der Waals surface area contributed by atoms with Crippen LogP contribution >= 0.6 is 0 Å². The summed E-state index contributed by atoms with van der Waals surface area (Å²) in [7, 11) is 2.08. The first-order chi connectivity index (χ1) is 8.20. The monoisotopic (exact) mass is 249 g/mol. The lowest BCUT2D eigenvalue weighted by molar-refractivity contribution is 0.0556. The van der Waals surface area contributed by atoms with Crippen LogP contribution in [0.3, 0.4) is 0 Å². The number of benzene rings is 1. The van der Waals surface area contributed by atoms with Crippen molar-refractivity contribution in [1.29, 1.82) is 0 Å². The summed E-state index contributed by atoms with van der Waals surface area (Å²) in [5, 5.41) is 10.4. The lowest BCUT2D eigenvalue weighted by Gasteiger charge is -2.34. The van der Waals surface area contributed by atoms with Gasteiger partial charge in [-0.25, -0.2) is 0 Å². The molecular formula is C16H27NO. The number of aryl methyl sites for hydroxylation is 1. The summed E-state index contributed by atoms with van der Waals surface area (Å²) >= 11 is 0. The van der Waals surface area contributed by atoms with Crippen LogP contribution in [0.1, 0.15) is 44.9 Å². The molecule has 0 aliphatic heterocycles. The van der Waals surface area contributed by atoms with Crippen molar-refractivity contribution < 1.29 is 5.11 Å². The highest BCUT2D eigenvalue weighted by Crippen LogP contribution is 2.23. The van der Waals surface area contributed by atoms with Gasteiger partial charge in [-0.05, 0) is 31.9 Å². The van der Waals surface area contributed by atoms with E-state index in [1.165, 1.54) is 5.56 Å². The summed E-state index contributed by atoms with van der Waals surface area (Å²) in [5.41, 5.74) is 2.46. The van der Waals surface area contributed by atoms with Crippen molar-refractivity contribution >= 4 is 0 Å². The number of rotatable bonds is 4.